The van der Waals surface area contributed by atoms with E-state index in [1.165, 1.54) is 89.9 Å². The number of allylic oxidation sites excluding steroid dienone is 10. The first kappa shape index (κ1) is 53.7. The van der Waals surface area contributed by atoms with Crippen LogP contribution in [-0.2, 0) is 32.7 Å². The van der Waals surface area contributed by atoms with Crippen molar-refractivity contribution in [1.29, 1.82) is 0 Å². The minimum atomic E-state index is -4.39. The SMILES string of the molecule is CCCCCCC/C=C/CCCCCCCC(=O)O[C@@H](COC(=O)CCC/C=C/C/C=C/C/C=C/C/C=C/CCCCCCCCC)COP(=O)(O)OCCN. The van der Waals surface area contributed by atoms with Crippen molar-refractivity contribution in [2.45, 2.75) is 193 Å². The van der Waals surface area contributed by atoms with E-state index in [1.54, 1.807) is 0 Å². The predicted molar refractivity (Wildman–Crippen MR) is 233 cm³/mol. The largest absolute Gasteiger partial charge is 0.472 e. The maximum Gasteiger partial charge on any atom is 0.472 e. The summed E-state index contributed by atoms with van der Waals surface area (Å²) in [6, 6.07) is 0. The molecule has 0 aromatic heterocycles. The van der Waals surface area contributed by atoms with Gasteiger partial charge >= 0.3 is 19.8 Å². The van der Waals surface area contributed by atoms with Gasteiger partial charge in [0.1, 0.15) is 6.61 Å². The summed E-state index contributed by atoms with van der Waals surface area (Å²) in [6.07, 6.45) is 49.8. The number of carbonyl (C=O) groups excluding carboxylic acids is 2. The minimum absolute atomic E-state index is 0.0427. The number of ether oxygens (including phenoxy) is 2. The number of rotatable bonds is 41. The molecule has 0 saturated carbocycles. The molecule has 1 unspecified atom stereocenters. The molecule has 0 radical (unpaired) electrons. The van der Waals surface area contributed by atoms with E-state index in [-0.39, 0.29) is 32.6 Å². The molecule has 0 aliphatic heterocycles. The standard InChI is InChI=1S/C46H82NO8P/c1-3-5-7-9-11-13-15-17-19-20-21-22-23-24-25-27-28-30-32-34-36-38-45(48)52-42-44(43-54-56(50,51)53-41-40-47)55-46(49)39-37-35-33-31-29-26-18-16-14-12-10-8-6-4-2/h16,18-20,22-23,25,27,30,32,44H,3-15,17,21,24,26,28-29,31,33-43,47H2,1-2H3,(H,50,51)/b18-16+,20-19+,23-22+,27-25+,32-30+/t44-/m0/s1. The van der Waals surface area contributed by atoms with Gasteiger partial charge in [-0.2, -0.15) is 0 Å². The van der Waals surface area contributed by atoms with Crippen molar-refractivity contribution in [2.75, 3.05) is 26.4 Å². The lowest BCUT2D eigenvalue weighted by Gasteiger charge is -2.19. The summed E-state index contributed by atoms with van der Waals surface area (Å²) in [5, 5.41) is 0. The summed E-state index contributed by atoms with van der Waals surface area (Å²) in [5.41, 5.74) is 5.34. The molecule has 56 heavy (non-hydrogen) atoms. The summed E-state index contributed by atoms with van der Waals surface area (Å²) in [6.45, 7) is 3.64. The Kier molecular flexibility index (Phi) is 40.6. The average Bonchev–Trinajstić information content (AvgIpc) is 3.18. The van der Waals surface area contributed by atoms with Crippen molar-refractivity contribution in [1.82, 2.24) is 0 Å². The third-order valence-corrected chi connectivity index (χ3v) is 10.1. The van der Waals surface area contributed by atoms with Crippen molar-refractivity contribution >= 4 is 19.8 Å². The maximum atomic E-state index is 12.6. The first-order chi connectivity index (χ1) is 27.3. The molecule has 10 heteroatoms. The molecule has 0 aliphatic carbocycles. The third-order valence-electron chi connectivity index (χ3n) is 9.13. The zero-order valence-electron chi connectivity index (χ0n) is 35.6. The Balaban J connectivity index is 4.24. The van der Waals surface area contributed by atoms with Gasteiger partial charge in [0.25, 0.3) is 0 Å². The first-order valence-corrected chi connectivity index (χ1v) is 23.8. The van der Waals surface area contributed by atoms with Gasteiger partial charge in [-0.1, -0.05) is 158 Å². The van der Waals surface area contributed by atoms with Gasteiger partial charge in [-0.15, -0.1) is 0 Å². The number of esters is 2. The van der Waals surface area contributed by atoms with E-state index in [2.05, 4.69) is 74.6 Å². The van der Waals surface area contributed by atoms with Gasteiger partial charge in [0.2, 0.25) is 0 Å². The summed E-state index contributed by atoms with van der Waals surface area (Å²) >= 11 is 0. The Labute approximate surface area is 342 Å². The smallest absolute Gasteiger partial charge is 0.462 e. The highest BCUT2D eigenvalue weighted by Gasteiger charge is 2.25. The van der Waals surface area contributed by atoms with E-state index in [4.69, 9.17) is 24.3 Å². The van der Waals surface area contributed by atoms with Crippen molar-refractivity contribution in [2.24, 2.45) is 5.73 Å². The normalized spacial score (nSPS) is 13.9. The second-order valence-electron chi connectivity index (χ2n) is 14.6. The summed E-state index contributed by atoms with van der Waals surface area (Å²) in [4.78, 5) is 34.8. The van der Waals surface area contributed by atoms with Crippen molar-refractivity contribution in [3.63, 3.8) is 0 Å². The third kappa shape index (κ3) is 41.3. The molecule has 0 spiro atoms. The van der Waals surface area contributed by atoms with Gasteiger partial charge in [0.15, 0.2) is 6.10 Å². The molecule has 0 fully saturated rings. The summed E-state index contributed by atoms with van der Waals surface area (Å²) < 4.78 is 32.7. The monoisotopic (exact) mass is 808 g/mol. The molecule has 0 bridgehead atoms. The van der Waals surface area contributed by atoms with E-state index in [0.717, 1.165) is 57.8 Å². The van der Waals surface area contributed by atoms with Crippen molar-refractivity contribution < 1.29 is 37.6 Å². The van der Waals surface area contributed by atoms with E-state index in [9.17, 15) is 19.0 Å². The number of unbranched alkanes of at least 4 members (excludes halogenated alkanes) is 18. The molecule has 2 atom stereocenters. The molecule has 0 heterocycles. The summed E-state index contributed by atoms with van der Waals surface area (Å²) in [5.74, 6) is -0.906. The maximum absolute atomic E-state index is 12.6. The molecular formula is C46H82NO8P. The highest BCUT2D eigenvalue weighted by Crippen LogP contribution is 2.43. The lowest BCUT2D eigenvalue weighted by atomic mass is 10.1. The van der Waals surface area contributed by atoms with Crippen LogP contribution in [0.3, 0.4) is 0 Å². The molecule has 3 N–H and O–H groups in total. The van der Waals surface area contributed by atoms with Gasteiger partial charge < -0.3 is 20.1 Å². The molecule has 9 nitrogen and oxygen atoms in total. The molecule has 0 amide bonds. The van der Waals surface area contributed by atoms with Crippen LogP contribution in [0.4, 0.5) is 0 Å². The highest BCUT2D eigenvalue weighted by molar-refractivity contribution is 7.47. The van der Waals surface area contributed by atoms with Gasteiger partial charge in [-0.05, 0) is 77.0 Å². The Bertz CT molecular complexity index is 1100. The minimum Gasteiger partial charge on any atom is -0.462 e. The van der Waals surface area contributed by atoms with Crippen LogP contribution in [0.5, 0.6) is 0 Å². The predicted octanol–water partition coefficient (Wildman–Crippen LogP) is 12.9. The summed E-state index contributed by atoms with van der Waals surface area (Å²) in [7, 11) is -4.39. The molecular weight excluding hydrogens is 725 g/mol. The Hall–Kier alpha value is -2.29. The van der Waals surface area contributed by atoms with Crippen LogP contribution in [0.1, 0.15) is 187 Å². The Morgan fingerprint density at radius 3 is 1.45 bits per heavy atom. The first-order valence-electron chi connectivity index (χ1n) is 22.3. The van der Waals surface area contributed by atoms with Gasteiger partial charge in [0, 0.05) is 19.4 Å². The van der Waals surface area contributed by atoms with Crippen molar-refractivity contribution in [3.05, 3.63) is 60.8 Å². The number of hydrogen-bond donors (Lipinski definition) is 2. The van der Waals surface area contributed by atoms with E-state index in [0.29, 0.717) is 12.8 Å². The number of phosphoric acid groups is 1. The van der Waals surface area contributed by atoms with Crippen LogP contribution in [0.15, 0.2) is 60.8 Å². The quantitative estimate of drug-likeness (QED) is 0.0268. The van der Waals surface area contributed by atoms with E-state index >= 15 is 0 Å². The number of phosphoric ester groups is 1. The molecule has 0 rings (SSSR count). The number of carbonyl (C=O) groups is 2. The van der Waals surface area contributed by atoms with Gasteiger partial charge in [0.05, 0.1) is 13.2 Å². The van der Waals surface area contributed by atoms with Crippen LogP contribution in [-0.4, -0.2) is 49.3 Å². The fraction of sp³-hybridized carbons (Fsp3) is 0.739. The number of hydrogen-bond acceptors (Lipinski definition) is 8. The van der Waals surface area contributed by atoms with Gasteiger partial charge in [-0.3, -0.25) is 18.6 Å². The molecule has 0 aromatic rings. The lowest BCUT2D eigenvalue weighted by Crippen LogP contribution is -2.29. The zero-order chi connectivity index (χ0) is 41.1. The average molecular weight is 808 g/mol. The van der Waals surface area contributed by atoms with Crippen LogP contribution in [0, 0.1) is 0 Å². The zero-order valence-corrected chi connectivity index (χ0v) is 36.5. The second-order valence-corrected chi connectivity index (χ2v) is 16.0. The molecule has 0 aromatic carbocycles. The topological polar surface area (TPSA) is 134 Å². The van der Waals surface area contributed by atoms with Crippen LogP contribution in [0.25, 0.3) is 0 Å². The highest BCUT2D eigenvalue weighted by atomic mass is 31.2. The van der Waals surface area contributed by atoms with Crippen molar-refractivity contribution in [3.8, 4) is 0 Å². The fourth-order valence-corrected chi connectivity index (χ4v) is 6.56. The Morgan fingerprint density at radius 2 is 0.946 bits per heavy atom. The van der Waals surface area contributed by atoms with E-state index < -0.39 is 32.5 Å². The molecule has 324 valence electrons. The van der Waals surface area contributed by atoms with Crippen LogP contribution >= 0.6 is 7.82 Å². The van der Waals surface area contributed by atoms with Gasteiger partial charge in [-0.25, -0.2) is 4.57 Å². The lowest BCUT2D eigenvalue weighted by molar-refractivity contribution is -0.161. The molecule has 0 saturated heterocycles. The van der Waals surface area contributed by atoms with E-state index in [1.807, 2.05) is 0 Å². The van der Waals surface area contributed by atoms with Crippen LogP contribution in [0.2, 0.25) is 0 Å². The van der Waals surface area contributed by atoms with Crippen LogP contribution < -0.4 is 5.73 Å². The second kappa shape index (κ2) is 42.3. The molecule has 0 aliphatic rings. The number of nitrogens with two attached hydrogens (primary N) is 1. The Morgan fingerprint density at radius 1 is 0.536 bits per heavy atom. The fourth-order valence-electron chi connectivity index (χ4n) is 5.80.